The number of amides is 3. The van der Waals surface area contributed by atoms with Crippen LogP contribution >= 0.6 is 11.3 Å². The number of ether oxygens (including phenoxy) is 1. The summed E-state index contributed by atoms with van der Waals surface area (Å²) in [5.41, 5.74) is -2.28. The number of anilines is 2. The van der Waals surface area contributed by atoms with Crippen LogP contribution in [-0.4, -0.2) is 86.7 Å². The van der Waals surface area contributed by atoms with Gasteiger partial charge in [0, 0.05) is 19.3 Å². The molecule has 1 atom stereocenters. The minimum absolute atomic E-state index is 0.00610. The molecule has 0 bridgehead atoms. The Labute approximate surface area is 262 Å². The highest BCUT2D eigenvalue weighted by Crippen LogP contribution is 2.34. The number of hydrogen-bond acceptors (Lipinski definition) is 9. The third-order valence-electron chi connectivity index (χ3n) is 6.77. The number of nitrogens with one attached hydrogen (secondary N) is 3. The van der Waals surface area contributed by atoms with Gasteiger partial charge in [-0.05, 0) is 24.3 Å². The van der Waals surface area contributed by atoms with Crippen molar-refractivity contribution in [1.29, 1.82) is 0 Å². The molecule has 1 fully saturated rings. The number of alkyl halides is 6. The van der Waals surface area contributed by atoms with E-state index in [0.29, 0.717) is 18.2 Å². The molecule has 0 radical (unpaired) electrons. The summed E-state index contributed by atoms with van der Waals surface area (Å²) in [7, 11) is 0. The number of halogens is 7. The van der Waals surface area contributed by atoms with Crippen molar-refractivity contribution in [3.63, 3.8) is 0 Å². The summed E-state index contributed by atoms with van der Waals surface area (Å²) >= 11 is 0.776. The van der Waals surface area contributed by atoms with Crippen LogP contribution in [0.15, 0.2) is 36.7 Å². The van der Waals surface area contributed by atoms with Crippen LogP contribution in [0.4, 0.5) is 46.3 Å². The molecule has 4 aromatic rings. The maximum atomic E-state index is 14.1. The van der Waals surface area contributed by atoms with Gasteiger partial charge in [0.25, 0.3) is 0 Å². The van der Waals surface area contributed by atoms with E-state index >= 15 is 0 Å². The molecule has 5 rings (SSSR count). The van der Waals surface area contributed by atoms with Crippen LogP contribution in [0.25, 0.3) is 21.6 Å². The van der Waals surface area contributed by atoms with Gasteiger partial charge in [0.05, 0.1) is 58.7 Å². The number of benzene rings is 1. The van der Waals surface area contributed by atoms with Crippen LogP contribution in [0, 0.1) is 5.82 Å². The lowest BCUT2D eigenvalue weighted by atomic mass is 10.1. The predicted molar refractivity (Wildman–Crippen MR) is 150 cm³/mol. The molecule has 1 aromatic carbocycles. The van der Waals surface area contributed by atoms with Gasteiger partial charge < -0.3 is 20.5 Å². The zero-order valence-corrected chi connectivity index (χ0v) is 24.3. The van der Waals surface area contributed by atoms with Crippen molar-refractivity contribution in [2.24, 2.45) is 0 Å². The van der Waals surface area contributed by atoms with E-state index in [9.17, 15) is 50.2 Å². The van der Waals surface area contributed by atoms with Gasteiger partial charge in [0.1, 0.15) is 12.0 Å². The second-order valence-electron chi connectivity index (χ2n) is 9.82. The molecule has 13 nitrogen and oxygen atoms in total. The first-order chi connectivity index (χ1) is 22.1. The predicted octanol–water partition coefficient (Wildman–Crippen LogP) is 4.56. The Morgan fingerprint density at radius 3 is 2.43 bits per heavy atom. The zero-order chi connectivity index (χ0) is 34.1. The molecule has 3 amide bonds. The van der Waals surface area contributed by atoms with E-state index < -0.39 is 60.0 Å². The van der Waals surface area contributed by atoms with Gasteiger partial charge >= 0.3 is 30.3 Å². The number of fused-ring (bicyclic) bond motifs is 1. The van der Waals surface area contributed by atoms with E-state index in [1.165, 1.54) is 23.1 Å². The molecule has 47 heavy (non-hydrogen) atoms. The highest BCUT2D eigenvalue weighted by atomic mass is 32.1. The Morgan fingerprint density at radius 1 is 1.04 bits per heavy atom. The van der Waals surface area contributed by atoms with Crippen molar-refractivity contribution in [3.05, 3.63) is 53.6 Å². The van der Waals surface area contributed by atoms with Crippen LogP contribution in [0.3, 0.4) is 0 Å². The molecule has 0 aliphatic carbocycles. The zero-order valence-electron chi connectivity index (χ0n) is 23.4. The molecule has 1 aliphatic rings. The van der Waals surface area contributed by atoms with Crippen LogP contribution in [0.5, 0.6) is 0 Å². The number of carbonyl (C=O) groups is 3. The van der Waals surface area contributed by atoms with E-state index in [2.05, 4.69) is 20.4 Å². The third kappa shape index (κ3) is 7.58. The molecule has 4 N–H and O–H groups in total. The Balaban J connectivity index is 1.44. The maximum Gasteiger partial charge on any atom is 0.471 e. The van der Waals surface area contributed by atoms with Crippen molar-refractivity contribution < 1.29 is 55.0 Å². The number of thiazole rings is 1. The molecule has 0 saturated carbocycles. The number of aromatic carboxylic acids is 1. The number of carboxylic acid groups (broad SMARTS) is 1. The highest BCUT2D eigenvalue weighted by Gasteiger charge is 2.39. The van der Waals surface area contributed by atoms with Crippen molar-refractivity contribution in [2.75, 3.05) is 43.5 Å². The van der Waals surface area contributed by atoms with Gasteiger partial charge in [-0.1, -0.05) is 11.3 Å². The lowest BCUT2D eigenvalue weighted by Crippen LogP contribution is -2.48. The van der Waals surface area contributed by atoms with Crippen molar-refractivity contribution >= 4 is 51.1 Å². The molecule has 1 saturated heterocycles. The summed E-state index contributed by atoms with van der Waals surface area (Å²) in [6, 6.07) is 1.51. The fraction of sp³-hybridized carbons (Fsp3) is 0.308. The highest BCUT2D eigenvalue weighted by molar-refractivity contribution is 7.19. The first-order valence-electron chi connectivity index (χ1n) is 13.3. The minimum atomic E-state index is -5.15. The minimum Gasteiger partial charge on any atom is -0.478 e. The Morgan fingerprint density at radius 2 is 1.77 bits per heavy atom. The summed E-state index contributed by atoms with van der Waals surface area (Å²) < 4.78 is 98.4. The van der Waals surface area contributed by atoms with Gasteiger partial charge in [-0.3, -0.25) is 15.0 Å². The molecule has 4 heterocycles. The van der Waals surface area contributed by atoms with Crippen molar-refractivity contribution in [1.82, 2.24) is 30.0 Å². The van der Waals surface area contributed by atoms with Gasteiger partial charge in [-0.25, -0.2) is 28.6 Å². The molecule has 0 spiro atoms. The number of morpholine rings is 1. The number of carbonyl (C=O) groups excluding carboxylic acids is 2. The lowest BCUT2D eigenvalue weighted by molar-refractivity contribution is -0.174. The van der Waals surface area contributed by atoms with Gasteiger partial charge in [-0.15, -0.1) is 0 Å². The SMILES string of the molecule is O=C(Nc1ncc(-c2cc(C(=O)O)c3cnn(C(CNC(=O)C(F)(F)F)N4CCOCC4)c3n2)s1)Nc1cc(C(F)(F)F)ccc1F. The van der Waals surface area contributed by atoms with E-state index in [0.717, 1.165) is 11.3 Å². The summed E-state index contributed by atoms with van der Waals surface area (Å²) in [6.45, 7) is 0.379. The summed E-state index contributed by atoms with van der Waals surface area (Å²) in [6.07, 6.45) is -8.60. The van der Waals surface area contributed by atoms with Crippen LogP contribution in [-0.2, 0) is 15.7 Å². The van der Waals surface area contributed by atoms with Gasteiger partial charge in [0.2, 0.25) is 0 Å². The maximum absolute atomic E-state index is 14.1. The van der Waals surface area contributed by atoms with Crippen molar-refractivity contribution in [3.8, 4) is 10.6 Å². The Kier molecular flexibility index (Phi) is 9.32. The summed E-state index contributed by atoms with van der Waals surface area (Å²) in [4.78, 5) is 46.6. The molecule has 1 aliphatic heterocycles. The Hall–Kier alpha value is -4.89. The Bertz CT molecular complexity index is 1820. The number of aromatic nitrogens is 4. The topological polar surface area (TPSA) is 164 Å². The quantitative estimate of drug-likeness (QED) is 0.194. The number of urea groups is 1. The van der Waals surface area contributed by atoms with E-state index in [1.54, 1.807) is 4.90 Å². The monoisotopic (exact) mass is 690 g/mol. The number of nitrogens with zero attached hydrogens (tertiary/aromatic N) is 5. The van der Waals surface area contributed by atoms with Crippen LogP contribution in [0.2, 0.25) is 0 Å². The fourth-order valence-corrected chi connectivity index (χ4v) is 5.34. The molecular formula is C26H21F7N8O5S. The second kappa shape index (κ2) is 13.1. The van der Waals surface area contributed by atoms with E-state index in [-0.39, 0.29) is 58.6 Å². The molecule has 1 unspecified atom stereocenters. The fourth-order valence-electron chi connectivity index (χ4n) is 4.57. The van der Waals surface area contributed by atoms with Crippen molar-refractivity contribution in [2.45, 2.75) is 18.5 Å². The molecule has 21 heteroatoms. The van der Waals surface area contributed by atoms with Crippen LogP contribution < -0.4 is 16.0 Å². The molecular weight excluding hydrogens is 669 g/mol. The summed E-state index contributed by atoms with van der Waals surface area (Å²) in [5.74, 6) is -4.70. The number of hydrogen-bond donors (Lipinski definition) is 4. The average molecular weight is 691 g/mol. The first-order valence-corrected chi connectivity index (χ1v) is 14.1. The normalized spacial score (nSPS) is 15.0. The second-order valence-corrected chi connectivity index (χ2v) is 10.9. The molecule has 250 valence electrons. The largest absolute Gasteiger partial charge is 0.478 e. The van der Waals surface area contributed by atoms with Gasteiger partial charge in [-0.2, -0.15) is 31.4 Å². The van der Waals surface area contributed by atoms with E-state index in [4.69, 9.17) is 4.74 Å². The van der Waals surface area contributed by atoms with Gasteiger partial charge in [0.15, 0.2) is 10.8 Å². The number of pyridine rings is 1. The van der Waals surface area contributed by atoms with E-state index in [1.807, 2.05) is 10.6 Å². The number of carboxylic acids is 1. The molecule has 3 aromatic heterocycles. The lowest BCUT2D eigenvalue weighted by Gasteiger charge is -2.34. The number of rotatable bonds is 8. The smallest absolute Gasteiger partial charge is 0.471 e. The summed E-state index contributed by atoms with van der Waals surface area (Å²) in [5, 5.41) is 20.1. The average Bonchev–Trinajstić information content (AvgIpc) is 3.64. The van der Waals surface area contributed by atoms with Crippen LogP contribution in [0.1, 0.15) is 22.1 Å². The third-order valence-corrected chi connectivity index (χ3v) is 7.71. The first kappa shape index (κ1) is 33.5. The standard InChI is InChI=1S/C26H21F7N8O5S/c27-15-2-1-12(25(28,29)30)7-16(15)38-23(45)39-24-35-10-18(47-24)17-8-13(21(42)43)14-9-36-41(20(14)37-17)19(40-3-5-46-6-4-40)11-34-22(44)26(31,32)33/h1-2,7-10,19H,3-6,11H2,(H,34,44)(H,42,43)(H2,35,38,39,45).